The van der Waals surface area contributed by atoms with E-state index in [0.29, 0.717) is 5.91 Å². The lowest BCUT2D eigenvalue weighted by molar-refractivity contribution is -0.132. The first kappa shape index (κ1) is 14.8. The average Bonchev–Trinajstić information content (AvgIpc) is 3.05. The van der Waals surface area contributed by atoms with Crippen molar-refractivity contribution in [2.24, 2.45) is 5.92 Å². The zero-order valence-electron chi connectivity index (χ0n) is 11.1. The highest BCUT2D eigenvalue weighted by molar-refractivity contribution is 7.10. The minimum Gasteiger partial charge on any atom is -0.338 e. The van der Waals surface area contributed by atoms with Crippen molar-refractivity contribution in [3.05, 3.63) is 21.9 Å². The summed E-state index contributed by atoms with van der Waals surface area (Å²) in [6.45, 7) is 3.97. The second kappa shape index (κ2) is 6.73. The molecule has 0 aromatic carbocycles. The Morgan fingerprint density at radius 2 is 2.42 bits per heavy atom. The third-order valence-electron chi connectivity index (χ3n) is 4.09. The fourth-order valence-electron chi connectivity index (χ4n) is 2.91. The molecule has 3 heterocycles. The highest BCUT2D eigenvalue weighted by Crippen LogP contribution is 2.25. The number of halogens is 1. The van der Waals surface area contributed by atoms with E-state index in [1.165, 1.54) is 16.9 Å². The van der Waals surface area contributed by atoms with Crippen LogP contribution >= 0.6 is 23.7 Å². The van der Waals surface area contributed by atoms with Crippen LogP contribution in [0, 0.1) is 5.92 Å². The van der Waals surface area contributed by atoms with Gasteiger partial charge in [0.2, 0.25) is 5.91 Å². The number of thiophene rings is 1. The molecule has 1 fully saturated rings. The Morgan fingerprint density at radius 3 is 3.21 bits per heavy atom. The van der Waals surface area contributed by atoms with Crippen LogP contribution in [0.15, 0.2) is 11.4 Å². The maximum atomic E-state index is 12.2. The van der Waals surface area contributed by atoms with Crippen molar-refractivity contribution in [1.29, 1.82) is 0 Å². The van der Waals surface area contributed by atoms with Crippen LogP contribution < -0.4 is 5.32 Å². The van der Waals surface area contributed by atoms with Crippen LogP contribution in [0.2, 0.25) is 0 Å². The summed E-state index contributed by atoms with van der Waals surface area (Å²) in [7, 11) is 0. The van der Waals surface area contributed by atoms with E-state index >= 15 is 0 Å². The molecule has 2 aliphatic heterocycles. The molecular weight excluding hydrogens is 280 g/mol. The summed E-state index contributed by atoms with van der Waals surface area (Å²) >= 11 is 1.83. The van der Waals surface area contributed by atoms with Crippen molar-refractivity contribution >= 4 is 29.7 Å². The zero-order valence-corrected chi connectivity index (χ0v) is 12.7. The van der Waals surface area contributed by atoms with E-state index in [2.05, 4.69) is 16.8 Å². The van der Waals surface area contributed by atoms with Crippen LogP contribution in [0.5, 0.6) is 0 Å². The molecule has 1 atom stereocenters. The number of hydrogen-bond acceptors (Lipinski definition) is 3. The molecule has 1 N–H and O–H groups in total. The molecule has 2 aliphatic rings. The van der Waals surface area contributed by atoms with Gasteiger partial charge in [0.05, 0.1) is 0 Å². The quantitative estimate of drug-likeness (QED) is 0.930. The molecule has 3 nitrogen and oxygen atoms in total. The first-order chi connectivity index (χ1) is 8.83. The topological polar surface area (TPSA) is 32.3 Å². The molecule has 1 aromatic heterocycles. The molecule has 1 aromatic rings. The van der Waals surface area contributed by atoms with Crippen LogP contribution in [0.1, 0.15) is 29.7 Å². The van der Waals surface area contributed by atoms with Crippen molar-refractivity contribution in [1.82, 2.24) is 10.2 Å². The molecule has 1 saturated heterocycles. The van der Waals surface area contributed by atoms with Gasteiger partial charge in [-0.2, -0.15) is 0 Å². The normalized spacial score (nSPS) is 21.9. The summed E-state index contributed by atoms with van der Waals surface area (Å²) in [6.07, 6.45) is 4.07. The summed E-state index contributed by atoms with van der Waals surface area (Å²) in [5.74, 6) is 1.06. The zero-order chi connectivity index (χ0) is 12.4. The van der Waals surface area contributed by atoms with Gasteiger partial charge in [0.1, 0.15) is 0 Å². The van der Waals surface area contributed by atoms with Crippen LogP contribution in [-0.4, -0.2) is 30.4 Å². The van der Waals surface area contributed by atoms with E-state index in [0.717, 1.165) is 51.4 Å². The number of hydrogen-bond donors (Lipinski definition) is 1. The second-order valence-corrected chi connectivity index (χ2v) is 6.33. The van der Waals surface area contributed by atoms with Gasteiger partial charge in [-0.25, -0.2) is 0 Å². The van der Waals surface area contributed by atoms with Gasteiger partial charge in [-0.15, -0.1) is 23.7 Å². The average molecular weight is 301 g/mol. The molecule has 106 valence electrons. The molecule has 1 amide bonds. The molecule has 19 heavy (non-hydrogen) atoms. The first-order valence-corrected chi connectivity index (χ1v) is 7.74. The Kier molecular flexibility index (Phi) is 5.25. The minimum atomic E-state index is 0. The first-order valence-electron chi connectivity index (χ1n) is 6.86. The molecular formula is C14H21ClN2OS. The van der Waals surface area contributed by atoms with Crippen molar-refractivity contribution in [3.63, 3.8) is 0 Å². The molecule has 0 bridgehead atoms. The Morgan fingerprint density at radius 1 is 1.53 bits per heavy atom. The number of carbonyl (C=O) groups excluding carboxylic acids is 1. The number of nitrogens with zero attached hydrogens (tertiary/aromatic N) is 1. The standard InChI is InChI=1S/C14H20N2OS.ClH/c17-14(2-1-11-3-6-15-9-11)16-7-4-13-12(10-16)5-8-18-13;/h5,8,11,15H,1-4,6-7,9-10H2;1H. The van der Waals surface area contributed by atoms with Crippen LogP contribution in [0.3, 0.4) is 0 Å². The summed E-state index contributed by atoms with van der Waals surface area (Å²) in [5, 5.41) is 5.50. The summed E-state index contributed by atoms with van der Waals surface area (Å²) in [5.41, 5.74) is 1.36. The highest BCUT2D eigenvalue weighted by atomic mass is 35.5. The minimum absolute atomic E-state index is 0. The van der Waals surface area contributed by atoms with E-state index in [1.807, 2.05) is 16.2 Å². The van der Waals surface area contributed by atoms with Gasteiger partial charge in [0.25, 0.3) is 0 Å². The Bertz CT molecular complexity index is 429. The van der Waals surface area contributed by atoms with Crippen molar-refractivity contribution in [3.8, 4) is 0 Å². The smallest absolute Gasteiger partial charge is 0.222 e. The lowest BCUT2D eigenvalue weighted by Crippen LogP contribution is -2.35. The Hall–Kier alpha value is -0.580. The van der Waals surface area contributed by atoms with Gasteiger partial charge in [-0.3, -0.25) is 4.79 Å². The monoisotopic (exact) mass is 300 g/mol. The van der Waals surface area contributed by atoms with Gasteiger partial charge in [0.15, 0.2) is 0 Å². The van der Waals surface area contributed by atoms with Gasteiger partial charge in [-0.1, -0.05) is 0 Å². The molecule has 0 saturated carbocycles. The number of fused-ring (bicyclic) bond motifs is 1. The van der Waals surface area contributed by atoms with E-state index < -0.39 is 0 Å². The molecule has 1 unspecified atom stereocenters. The third-order valence-corrected chi connectivity index (χ3v) is 5.11. The summed E-state index contributed by atoms with van der Waals surface area (Å²) in [6, 6.07) is 2.17. The van der Waals surface area contributed by atoms with Crippen molar-refractivity contribution in [2.75, 3.05) is 19.6 Å². The van der Waals surface area contributed by atoms with Gasteiger partial charge >= 0.3 is 0 Å². The maximum Gasteiger partial charge on any atom is 0.222 e. The number of rotatable bonds is 3. The second-order valence-electron chi connectivity index (χ2n) is 5.33. The fraction of sp³-hybridized carbons (Fsp3) is 0.643. The van der Waals surface area contributed by atoms with Gasteiger partial charge in [-0.05, 0) is 55.3 Å². The van der Waals surface area contributed by atoms with E-state index in [9.17, 15) is 4.79 Å². The van der Waals surface area contributed by atoms with E-state index in [-0.39, 0.29) is 12.4 Å². The number of carbonyl (C=O) groups is 1. The Balaban J connectivity index is 0.00000133. The molecule has 3 rings (SSSR count). The number of nitrogens with one attached hydrogen (secondary N) is 1. The third kappa shape index (κ3) is 3.50. The van der Waals surface area contributed by atoms with Crippen LogP contribution in [-0.2, 0) is 17.8 Å². The van der Waals surface area contributed by atoms with Crippen molar-refractivity contribution < 1.29 is 4.79 Å². The predicted octanol–water partition coefficient (Wildman–Crippen LogP) is 2.44. The molecule has 0 aliphatic carbocycles. The summed E-state index contributed by atoms with van der Waals surface area (Å²) < 4.78 is 0. The molecule has 0 spiro atoms. The van der Waals surface area contributed by atoms with Gasteiger partial charge in [0, 0.05) is 24.4 Å². The van der Waals surface area contributed by atoms with Crippen LogP contribution in [0.4, 0.5) is 0 Å². The maximum absolute atomic E-state index is 12.2. The number of amides is 1. The molecule has 5 heteroatoms. The lowest BCUT2D eigenvalue weighted by atomic mass is 10.0. The predicted molar refractivity (Wildman–Crippen MR) is 80.9 cm³/mol. The highest BCUT2D eigenvalue weighted by Gasteiger charge is 2.22. The lowest BCUT2D eigenvalue weighted by Gasteiger charge is -2.27. The summed E-state index contributed by atoms with van der Waals surface area (Å²) in [4.78, 5) is 15.7. The van der Waals surface area contributed by atoms with Gasteiger partial charge < -0.3 is 10.2 Å². The fourth-order valence-corrected chi connectivity index (χ4v) is 3.80. The van der Waals surface area contributed by atoms with E-state index in [1.54, 1.807) is 0 Å². The van der Waals surface area contributed by atoms with Crippen molar-refractivity contribution in [2.45, 2.75) is 32.2 Å². The Labute approximate surface area is 124 Å². The largest absolute Gasteiger partial charge is 0.338 e. The molecule has 0 radical (unpaired) electrons. The van der Waals surface area contributed by atoms with Crippen LogP contribution in [0.25, 0.3) is 0 Å². The van der Waals surface area contributed by atoms with E-state index in [4.69, 9.17) is 0 Å². The SMILES string of the molecule is Cl.O=C(CCC1CCNC1)N1CCc2sccc2C1.